The van der Waals surface area contributed by atoms with Crippen molar-refractivity contribution in [3.05, 3.63) is 28.8 Å². The van der Waals surface area contributed by atoms with Gasteiger partial charge in [0.15, 0.2) is 5.69 Å². The number of nitrogens with zero attached hydrogens (tertiary/aromatic N) is 2. The Labute approximate surface area is 135 Å². The number of aromatic nitrogens is 2. The number of methoxy groups -OCH3 is 1. The molecule has 1 fully saturated rings. The van der Waals surface area contributed by atoms with Gasteiger partial charge in [-0.1, -0.05) is 19.3 Å². The minimum Gasteiger partial charge on any atom is -0.464 e. The molecule has 0 unspecified atom stereocenters. The molecule has 1 aliphatic rings. The average Bonchev–Trinajstić information content (AvgIpc) is 3.14. The summed E-state index contributed by atoms with van der Waals surface area (Å²) in [5, 5.41) is 6.64. The van der Waals surface area contributed by atoms with Gasteiger partial charge in [0.25, 0.3) is 0 Å². The highest BCUT2D eigenvalue weighted by Gasteiger charge is 2.20. The van der Waals surface area contributed by atoms with E-state index in [-0.39, 0.29) is 5.97 Å². The molecule has 0 spiro atoms. The lowest BCUT2D eigenvalue weighted by Crippen LogP contribution is -2.16. The Morgan fingerprint density at radius 2 is 2.14 bits per heavy atom. The molecule has 2 heterocycles. The van der Waals surface area contributed by atoms with E-state index in [9.17, 15) is 4.79 Å². The smallest absolute Gasteiger partial charge is 0.358 e. The van der Waals surface area contributed by atoms with Gasteiger partial charge in [0.05, 0.1) is 17.7 Å². The summed E-state index contributed by atoms with van der Waals surface area (Å²) >= 11 is 1.70. The van der Waals surface area contributed by atoms with Crippen molar-refractivity contribution in [3.63, 3.8) is 0 Å². The molecule has 0 N–H and O–H groups in total. The van der Waals surface area contributed by atoms with Crippen molar-refractivity contribution in [1.29, 1.82) is 0 Å². The summed E-state index contributed by atoms with van der Waals surface area (Å²) in [5.74, 6) is 0.302. The molecule has 0 aliphatic heterocycles. The number of carbonyl (C=O) groups excluding carboxylic acids is 1. The van der Waals surface area contributed by atoms with Crippen LogP contribution in [0.25, 0.3) is 10.6 Å². The van der Waals surface area contributed by atoms with E-state index in [1.54, 1.807) is 11.3 Å². The van der Waals surface area contributed by atoms with Crippen molar-refractivity contribution >= 4 is 17.3 Å². The third kappa shape index (κ3) is 3.24. The first kappa shape index (κ1) is 15.3. The maximum Gasteiger partial charge on any atom is 0.358 e. The Balaban J connectivity index is 1.91. The minimum atomic E-state index is -0.364. The van der Waals surface area contributed by atoms with Gasteiger partial charge in [-0.3, -0.25) is 4.68 Å². The van der Waals surface area contributed by atoms with Crippen LogP contribution in [-0.4, -0.2) is 22.9 Å². The Morgan fingerprint density at radius 1 is 1.36 bits per heavy atom. The largest absolute Gasteiger partial charge is 0.464 e. The van der Waals surface area contributed by atoms with Crippen LogP contribution in [0.4, 0.5) is 0 Å². The van der Waals surface area contributed by atoms with Gasteiger partial charge in [-0.15, -0.1) is 11.3 Å². The molecule has 0 bridgehead atoms. The van der Waals surface area contributed by atoms with E-state index < -0.39 is 0 Å². The van der Waals surface area contributed by atoms with Crippen molar-refractivity contribution in [1.82, 2.24) is 9.78 Å². The van der Waals surface area contributed by atoms with E-state index in [0.717, 1.165) is 17.1 Å². The van der Waals surface area contributed by atoms with Gasteiger partial charge in [-0.25, -0.2) is 4.79 Å². The van der Waals surface area contributed by atoms with Crippen LogP contribution in [0.15, 0.2) is 17.5 Å². The lowest BCUT2D eigenvalue weighted by molar-refractivity contribution is 0.0592. The molecule has 1 aliphatic carbocycles. The van der Waals surface area contributed by atoms with Gasteiger partial charge in [-0.2, -0.15) is 5.10 Å². The first-order valence-electron chi connectivity index (χ1n) is 7.89. The molecule has 118 valence electrons. The minimum absolute atomic E-state index is 0.364. The maximum atomic E-state index is 11.8. The average molecular weight is 318 g/mol. The normalized spacial score (nSPS) is 15.9. The highest BCUT2D eigenvalue weighted by atomic mass is 32.1. The fourth-order valence-electron chi connectivity index (χ4n) is 3.14. The first-order valence-corrected chi connectivity index (χ1v) is 8.77. The second kappa shape index (κ2) is 6.65. The number of hydrogen-bond donors (Lipinski definition) is 0. The first-order chi connectivity index (χ1) is 10.7. The topological polar surface area (TPSA) is 44.1 Å². The van der Waals surface area contributed by atoms with Crippen LogP contribution in [0.3, 0.4) is 0 Å². The van der Waals surface area contributed by atoms with E-state index in [0.29, 0.717) is 11.6 Å². The van der Waals surface area contributed by atoms with Crippen LogP contribution < -0.4 is 0 Å². The molecule has 0 atom stereocenters. The molecule has 2 aromatic heterocycles. The number of hydrogen-bond acceptors (Lipinski definition) is 4. The van der Waals surface area contributed by atoms with Crippen molar-refractivity contribution in [2.45, 2.75) is 45.6 Å². The zero-order valence-corrected chi connectivity index (χ0v) is 14.0. The molecule has 3 rings (SSSR count). The van der Waals surface area contributed by atoms with Crippen molar-refractivity contribution in [3.8, 4) is 10.6 Å². The molecule has 0 aromatic carbocycles. The third-order valence-electron chi connectivity index (χ3n) is 4.31. The van der Waals surface area contributed by atoms with Gasteiger partial charge in [0.2, 0.25) is 0 Å². The maximum absolute atomic E-state index is 11.8. The second-order valence-electron chi connectivity index (χ2n) is 6.08. The SMILES string of the molecule is COC(=O)c1cc(-c2cc(C)cs2)n(CC2CCCCC2)n1. The Bertz CT molecular complexity index is 653. The monoisotopic (exact) mass is 318 g/mol. The van der Waals surface area contributed by atoms with E-state index in [1.807, 2.05) is 10.7 Å². The fourth-order valence-corrected chi connectivity index (χ4v) is 4.06. The number of carbonyl (C=O) groups is 1. The zero-order valence-electron chi connectivity index (χ0n) is 13.2. The molecule has 0 saturated heterocycles. The fraction of sp³-hybridized carbons (Fsp3) is 0.529. The molecule has 22 heavy (non-hydrogen) atoms. The van der Waals surface area contributed by atoms with Crippen LogP contribution in [0, 0.1) is 12.8 Å². The summed E-state index contributed by atoms with van der Waals surface area (Å²) in [6.07, 6.45) is 6.49. The highest BCUT2D eigenvalue weighted by Crippen LogP contribution is 2.31. The quantitative estimate of drug-likeness (QED) is 0.790. The van der Waals surface area contributed by atoms with Crippen LogP contribution in [-0.2, 0) is 11.3 Å². The Kier molecular flexibility index (Phi) is 4.62. The molecule has 2 aromatic rings. The van der Waals surface area contributed by atoms with Crippen LogP contribution in [0.5, 0.6) is 0 Å². The number of rotatable bonds is 4. The van der Waals surface area contributed by atoms with E-state index in [2.05, 4.69) is 23.5 Å². The predicted molar refractivity (Wildman–Crippen MR) is 88.2 cm³/mol. The summed E-state index contributed by atoms with van der Waals surface area (Å²) in [6, 6.07) is 4.01. The molecule has 4 nitrogen and oxygen atoms in total. The number of thiophene rings is 1. The summed E-state index contributed by atoms with van der Waals surface area (Å²) in [6.45, 7) is 2.98. The predicted octanol–water partition coefficient (Wildman–Crippen LogP) is 4.29. The van der Waals surface area contributed by atoms with Gasteiger partial charge in [-0.05, 0) is 48.8 Å². The van der Waals surface area contributed by atoms with Gasteiger partial charge in [0.1, 0.15) is 0 Å². The van der Waals surface area contributed by atoms with Gasteiger partial charge >= 0.3 is 5.97 Å². The van der Waals surface area contributed by atoms with Gasteiger partial charge in [0, 0.05) is 6.54 Å². The summed E-state index contributed by atoms with van der Waals surface area (Å²) < 4.78 is 6.83. The zero-order chi connectivity index (χ0) is 15.5. The lowest BCUT2D eigenvalue weighted by Gasteiger charge is -2.22. The highest BCUT2D eigenvalue weighted by molar-refractivity contribution is 7.13. The molecular weight excluding hydrogens is 296 g/mol. The standard InChI is InChI=1S/C17H22N2O2S/c1-12-8-16(22-11-12)15-9-14(17(20)21-2)18-19(15)10-13-6-4-3-5-7-13/h8-9,11,13H,3-7,10H2,1-2H3. The number of aryl methyl sites for hydroxylation is 1. The number of esters is 1. The second-order valence-corrected chi connectivity index (χ2v) is 6.99. The molecule has 1 saturated carbocycles. The van der Waals surface area contributed by atoms with Crippen molar-refractivity contribution in [2.75, 3.05) is 7.11 Å². The van der Waals surface area contributed by atoms with Crippen molar-refractivity contribution < 1.29 is 9.53 Å². The number of ether oxygens (including phenoxy) is 1. The summed E-state index contributed by atoms with van der Waals surface area (Å²) in [4.78, 5) is 13.0. The summed E-state index contributed by atoms with van der Waals surface area (Å²) in [7, 11) is 1.40. The van der Waals surface area contributed by atoms with Crippen LogP contribution in [0.1, 0.15) is 48.2 Å². The third-order valence-corrected chi connectivity index (χ3v) is 5.38. The molecule has 5 heteroatoms. The molecule has 0 amide bonds. The van der Waals surface area contributed by atoms with Gasteiger partial charge < -0.3 is 4.74 Å². The van der Waals surface area contributed by atoms with Crippen LogP contribution >= 0.6 is 11.3 Å². The van der Waals surface area contributed by atoms with E-state index >= 15 is 0 Å². The van der Waals surface area contributed by atoms with Crippen LogP contribution in [0.2, 0.25) is 0 Å². The summed E-state index contributed by atoms with van der Waals surface area (Å²) in [5.41, 5.74) is 2.67. The molecular formula is C17H22N2O2S. The Hall–Kier alpha value is -1.62. The lowest BCUT2D eigenvalue weighted by atomic mass is 9.89. The van der Waals surface area contributed by atoms with Crippen molar-refractivity contribution in [2.24, 2.45) is 5.92 Å². The van der Waals surface area contributed by atoms with E-state index in [4.69, 9.17) is 4.74 Å². The van der Waals surface area contributed by atoms with E-state index in [1.165, 1.54) is 44.8 Å². The molecule has 0 radical (unpaired) electrons. The Morgan fingerprint density at radius 3 is 2.77 bits per heavy atom.